The number of thiophene rings is 1. The number of carbonyl (C=O) groups is 1. The first kappa shape index (κ1) is 12.1. The minimum absolute atomic E-state index is 0.270. The summed E-state index contributed by atoms with van der Waals surface area (Å²) in [7, 11) is 0. The van der Waals surface area contributed by atoms with Crippen LogP contribution in [0.4, 0.5) is 0 Å². The van der Waals surface area contributed by atoms with Crippen molar-refractivity contribution in [3.63, 3.8) is 0 Å². The molecule has 0 saturated carbocycles. The maximum atomic E-state index is 11.8. The van der Waals surface area contributed by atoms with E-state index >= 15 is 0 Å². The van der Waals surface area contributed by atoms with E-state index in [0.29, 0.717) is 6.42 Å². The van der Waals surface area contributed by atoms with Crippen LogP contribution in [-0.4, -0.2) is 5.78 Å². The largest absolute Gasteiger partial charge is 0.293 e. The number of rotatable bonds is 5. The van der Waals surface area contributed by atoms with Gasteiger partial charge < -0.3 is 0 Å². The lowest BCUT2D eigenvalue weighted by Crippen LogP contribution is -1.97. The zero-order valence-corrected chi connectivity index (χ0v) is 10.8. The van der Waals surface area contributed by atoms with E-state index in [2.05, 4.69) is 31.2 Å². The van der Waals surface area contributed by atoms with Crippen LogP contribution < -0.4 is 0 Å². The maximum Gasteiger partial charge on any atom is 0.172 e. The first-order valence-electron chi connectivity index (χ1n) is 5.88. The van der Waals surface area contributed by atoms with Gasteiger partial charge in [0.1, 0.15) is 0 Å². The molecule has 17 heavy (non-hydrogen) atoms. The fourth-order valence-electron chi connectivity index (χ4n) is 1.77. The Hall–Kier alpha value is -1.41. The van der Waals surface area contributed by atoms with Crippen molar-refractivity contribution in [1.82, 2.24) is 0 Å². The van der Waals surface area contributed by atoms with Crippen molar-refractivity contribution in [3.8, 4) is 0 Å². The number of ketones is 1. The molecule has 0 N–H and O–H groups in total. The van der Waals surface area contributed by atoms with Gasteiger partial charge in [0.05, 0.1) is 4.88 Å². The highest BCUT2D eigenvalue weighted by Crippen LogP contribution is 2.14. The lowest BCUT2D eigenvalue weighted by atomic mass is 10.0. The molecular formula is C15H16OS. The van der Waals surface area contributed by atoms with Gasteiger partial charge in [-0.05, 0) is 36.8 Å². The number of aryl methyl sites for hydroxylation is 2. The monoisotopic (exact) mass is 244 g/mol. The Balaban J connectivity index is 1.80. The lowest BCUT2D eigenvalue weighted by Gasteiger charge is -2.01. The summed E-state index contributed by atoms with van der Waals surface area (Å²) in [6.45, 7) is 2.09. The Kier molecular flexibility index (Phi) is 4.10. The van der Waals surface area contributed by atoms with Crippen molar-refractivity contribution in [2.45, 2.75) is 26.2 Å². The summed E-state index contributed by atoms with van der Waals surface area (Å²) in [6.07, 6.45) is 2.56. The quantitative estimate of drug-likeness (QED) is 0.718. The predicted molar refractivity (Wildman–Crippen MR) is 72.8 cm³/mol. The van der Waals surface area contributed by atoms with Crippen LogP contribution in [0, 0.1) is 6.92 Å². The highest BCUT2D eigenvalue weighted by molar-refractivity contribution is 7.12. The molecule has 0 aliphatic carbocycles. The Labute approximate surface area is 106 Å². The molecule has 0 radical (unpaired) electrons. The number of benzene rings is 1. The van der Waals surface area contributed by atoms with Crippen molar-refractivity contribution < 1.29 is 4.79 Å². The van der Waals surface area contributed by atoms with Gasteiger partial charge >= 0.3 is 0 Å². The summed E-state index contributed by atoms with van der Waals surface area (Å²) in [4.78, 5) is 12.6. The highest BCUT2D eigenvalue weighted by Gasteiger charge is 2.06. The molecule has 1 nitrogen and oxygen atoms in total. The number of hydrogen-bond donors (Lipinski definition) is 0. The van der Waals surface area contributed by atoms with Gasteiger partial charge in [-0.25, -0.2) is 0 Å². The smallest absolute Gasteiger partial charge is 0.172 e. The normalized spacial score (nSPS) is 10.4. The van der Waals surface area contributed by atoms with E-state index in [0.717, 1.165) is 17.7 Å². The predicted octanol–water partition coefficient (Wildman–Crippen LogP) is 4.26. The zero-order chi connectivity index (χ0) is 12.1. The molecule has 1 aromatic heterocycles. The van der Waals surface area contributed by atoms with Gasteiger partial charge in [-0.15, -0.1) is 11.3 Å². The van der Waals surface area contributed by atoms with Crippen molar-refractivity contribution >= 4 is 17.1 Å². The summed E-state index contributed by atoms with van der Waals surface area (Å²) >= 11 is 1.53. The van der Waals surface area contributed by atoms with Crippen LogP contribution in [0.15, 0.2) is 41.8 Å². The van der Waals surface area contributed by atoms with E-state index in [-0.39, 0.29) is 5.78 Å². The second-order valence-electron chi connectivity index (χ2n) is 4.24. The van der Waals surface area contributed by atoms with Crippen molar-refractivity contribution in [2.24, 2.45) is 0 Å². The Morgan fingerprint density at radius 2 is 1.94 bits per heavy atom. The third-order valence-electron chi connectivity index (χ3n) is 2.79. The summed E-state index contributed by atoms with van der Waals surface area (Å²) < 4.78 is 0. The van der Waals surface area contributed by atoms with Gasteiger partial charge in [0, 0.05) is 6.42 Å². The molecule has 2 rings (SSSR count). The Bertz CT molecular complexity index is 468. The minimum atomic E-state index is 0.270. The number of Topliss-reactive ketones (excluding diaryl/α,β-unsaturated/α-hetero) is 1. The molecule has 0 saturated heterocycles. The molecule has 1 heterocycles. The maximum absolute atomic E-state index is 11.8. The summed E-state index contributed by atoms with van der Waals surface area (Å²) in [6, 6.07) is 12.4. The standard InChI is InChI=1S/C15H16OS/c1-12-7-9-13(10-8-12)4-2-5-14(16)15-6-3-11-17-15/h3,6-11H,2,4-5H2,1H3. The van der Waals surface area contributed by atoms with Crippen LogP contribution in [0.1, 0.15) is 33.6 Å². The van der Waals surface area contributed by atoms with Gasteiger partial charge in [0.2, 0.25) is 0 Å². The van der Waals surface area contributed by atoms with Crippen LogP contribution in [-0.2, 0) is 6.42 Å². The molecule has 0 spiro atoms. The molecule has 0 bridgehead atoms. The van der Waals surface area contributed by atoms with Crippen LogP contribution in [0.3, 0.4) is 0 Å². The van der Waals surface area contributed by atoms with Crippen LogP contribution >= 0.6 is 11.3 Å². The molecule has 0 atom stereocenters. The number of carbonyl (C=O) groups excluding carboxylic acids is 1. The van der Waals surface area contributed by atoms with Crippen molar-refractivity contribution in [1.29, 1.82) is 0 Å². The molecule has 0 aliphatic heterocycles. The molecule has 2 heteroatoms. The second kappa shape index (κ2) is 5.78. The fraction of sp³-hybridized carbons (Fsp3) is 0.267. The third-order valence-corrected chi connectivity index (χ3v) is 3.70. The topological polar surface area (TPSA) is 17.1 Å². The molecular weight excluding hydrogens is 228 g/mol. The summed E-state index contributed by atoms with van der Waals surface area (Å²) in [5.41, 5.74) is 2.60. The fourth-order valence-corrected chi connectivity index (χ4v) is 2.46. The van der Waals surface area contributed by atoms with Gasteiger partial charge in [0.25, 0.3) is 0 Å². The van der Waals surface area contributed by atoms with Gasteiger partial charge in [-0.1, -0.05) is 35.9 Å². The molecule has 0 amide bonds. The number of hydrogen-bond acceptors (Lipinski definition) is 2. The first-order chi connectivity index (χ1) is 8.25. The zero-order valence-electron chi connectivity index (χ0n) is 9.98. The molecule has 0 fully saturated rings. The van der Waals surface area contributed by atoms with E-state index in [1.54, 1.807) is 0 Å². The van der Waals surface area contributed by atoms with Crippen molar-refractivity contribution in [2.75, 3.05) is 0 Å². The van der Waals surface area contributed by atoms with E-state index < -0.39 is 0 Å². The second-order valence-corrected chi connectivity index (χ2v) is 5.19. The molecule has 0 unspecified atom stereocenters. The Morgan fingerprint density at radius 1 is 1.18 bits per heavy atom. The lowest BCUT2D eigenvalue weighted by molar-refractivity contribution is 0.0984. The minimum Gasteiger partial charge on any atom is -0.293 e. The summed E-state index contributed by atoms with van der Waals surface area (Å²) in [5, 5.41) is 1.95. The van der Waals surface area contributed by atoms with Gasteiger partial charge in [-0.3, -0.25) is 4.79 Å². The first-order valence-corrected chi connectivity index (χ1v) is 6.76. The van der Waals surface area contributed by atoms with Crippen LogP contribution in [0.2, 0.25) is 0 Å². The SMILES string of the molecule is Cc1ccc(CCCC(=O)c2cccs2)cc1. The van der Waals surface area contributed by atoms with Gasteiger partial charge in [-0.2, -0.15) is 0 Å². The molecule has 1 aromatic carbocycles. The van der Waals surface area contributed by atoms with E-state index in [9.17, 15) is 4.79 Å². The van der Waals surface area contributed by atoms with Crippen LogP contribution in [0.25, 0.3) is 0 Å². The third kappa shape index (κ3) is 3.53. The summed E-state index contributed by atoms with van der Waals surface area (Å²) in [5.74, 6) is 0.270. The molecule has 88 valence electrons. The Morgan fingerprint density at radius 3 is 2.59 bits per heavy atom. The van der Waals surface area contributed by atoms with E-state index in [1.807, 2.05) is 17.5 Å². The molecule has 0 aliphatic rings. The average molecular weight is 244 g/mol. The van der Waals surface area contributed by atoms with E-state index in [1.165, 1.54) is 22.5 Å². The average Bonchev–Trinajstić information content (AvgIpc) is 2.85. The van der Waals surface area contributed by atoms with Crippen LogP contribution in [0.5, 0.6) is 0 Å². The van der Waals surface area contributed by atoms with Crippen molar-refractivity contribution in [3.05, 3.63) is 57.8 Å². The highest BCUT2D eigenvalue weighted by atomic mass is 32.1. The molecule has 2 aromatic rings. The van der Waals surface area contributed by atoms with Gasteiger partial charge in [0.15, 0.2) is 5.78 Å². The van der Waals surface area contributed by atoms with E-state index in [4.69, 9.17) is 0 Å².